The average molecular weight is 436 g/mol. The van der Waals surface area contributed by atoms with Crippen LogP contribution in [0.3, 0.4) is 0 Å². The zero-order valence-electron chi connectivity index (χ0n) is 17.4. The fourth-order valence-electron chi connectivity index (χ4n) is 3.48. The molecule has 1 atom stereocenters. The van der Waals surface area contributed by atoms with E-state index in [1.165, 1.54) is 0 Å². The molecule has 31 heavy (non-hydrogen) atoms. The maximum Gasteiger partial charge on any atom is 0.255 e. The highest BCUT2D eigenvalue weighted by atomic mass is 35.5. The van der Waals surface area contributed by atoms with E-state index in [0.29, 0.717) is 27.9 Å². The van der Waals surface area contributed by atoms with Crippen molar-refractivity contribution in [2.45, 2.75) is 13.0 Å². The summed E-state index contributed by atoms with van der Waals surface area (Å²) in [6.45, 7) is 1.85. The number of hydrogen-bond donors (Lipinski definition) is 1. The highest BCUT2D eigenvalue weighted by molar-refractivity contribution is 6.30. The van der Waals surface area contributed by atoms with Crippen molar-refractivity contribution in [2.24, 2.45) is 7.05 Å². The van der Waals surface area contributed by atoms with Crippen molar-refractivity contribution in [1.82, 2.24) is 24.6 Å². The number of carbonyl (C=O) groups excluding carboxylic acids is 1. The molecule has 4 aromatic rings. The topological polar surface area (TPSA) is 74.0 Å². The summed E-state index contributed by atoms with van der Waals surface area (Å²) in [4.78, 5) is 17.7. The van der Waals surface area contributed by atoms with E-state index in [9.17, 15) is 4.79 Å². The molecule has 2 aromatic heterocycles. The first-order valence-corrected chi connectivity index (χ1v) is 10.1. The standard InChI is InChI=1S/C23H22ClN5O2/c1-15-20(14-26-29(15)18-8-5-7-17(24)13-18)23(30)27-21(22-25-10-11-28(22)2)16-6-4-9-19(12-16)31-3/h4-14,21H,1-3H3,(H,27,30). The fraction of sp³-hybridized carbons (Fsp3) is 0.174. The van der Waals surface area contributed by atoms with E-state index in [-0.39, 0.29) is 5.91 Å². The number of hydrogen-bond acceptors (Lipinski definition) is 4. The van der Waals surface area contributed by atoms with E-state index in [1.807, 2.05) is 61.1 Å². The highest BCUT2D eigenvalue weighted by Gasteiger charge is 2.24. The lowest BCUT2D eigenvalue weighted by atomic mass is 10.0. The van der Waals surface area contributed by atoms with Crippen molar-refractivity contribution in [2.75, 3.05) is 7.11 Å². The Bertz CT molecular complexity index is 1230. The lowest BCUT2D eigenvalue weighted by Crippen LogP contribution is -2.31. The van der Waals surface area contributed by atoms with Gasteiger partial charge in [0.05, 0.1) is 30.3 Å². The molecule has 4 rings (SSSR count). The summed E-state index contributed by atoms with van der Waals surface area (Å²) in [7, 11) is 3.51. The van der Waals surface area contributed by atoms with Crippen LogP contribution in [0.4, 0.5) is 0 Å². The minimum atomic E-state index is -0.462. The van der Waals surface area contributed by atoms with Crippen molar-refractivity contribution in [3.8, 4) is 11.4 Å². The number of halogens is 1. The van der Waals surface area contributed by atoms with Crippen LogP contribution in [0.1, 0.15) is 33.5 Å². The Hall–Kier alpha value is -3.58. The molecular weight excluding hydrogens is 414 g/mol. The summed E-state index contributed by atoms with van der Waals surface area (Å²) < 4.78 is 8.94. The summed E-state index contributed by atoms with van der Waals surface area (Å²) in [5, 5.41) is 8.10. The van der Waals surface area contributed by atoms with Gasteiger partial charge in [-0.05, 0) is 42.8 Å². The lowest BCUT2D eigenvalue weighted by molar-refractivity contribution is 0.0940. The predicted octanol–water partition coefficient (Wildman–Crippen LogP) is 4.10. The Morgan fingerprint density at radius 2 is 2.00 bits per heavy atom. The van der Waals surface area contributed by atoms with Gasteiger partial charge in [-0.1, -0.05) is 29.8 Å². The quantitative estimate of drug-likeness (QED) is 0.495. The zero-order valence-corrected chi connectivity index (χ0v) is 18.2. The fourth-order valence-corrected chi connectivity index (χ4v) is 3.67. The van der Waals surface area contributed by atoms with Crippen molar-refractivity contribution in [3.05, 3.63) is 94.8 Å². The number of amides is 1. The monoisotopic (exact) mass is 435 g/mol. The number of aryl methyl sites for hydroxylation is 1. The van der Waals surface area contributed by atoms with Crippen LogP contribution in [0.15, 0.2) is 67.1 Å². The highest BCUT2D eigenvalue weighted by Crippen LogP contribution is 2.25. The maximum absolute atomic E-state index is 13.3. The van der Waals surface area contributed by atoms with E-state index in [2.05, 4.69) is 15.4 Å². The van der Waals surface area contributed by atoms with Crippen LogP contribution >= 0.6 is 11.6 Å². The third-order valence-electron chi connectivity index (χ3n) is 5.13. The number of nitrogens with one attached hydrogen (secondary N) is 1. The van der Waals surface area contributed by atoms with Crippen molar-refractivity contribution >= 4 is 17.5 Å². The summed E-state index contributed by atoms with van der Waals surface area (Å²) in [5.41, 5.74) is 2.84. The zero-order chi connectivity index (χ0) is 22.0. The van der Waals surface area contributed by atoms with Gasteiger partial charge in [-0.3, -0.25) is 4.79 Å². The molecule has 0 aliphatic rings. The van der Waals surface area contributed by atoms with E-state index >= 15 is 0 Å². The van der Waals surface area contributed by atoms with Gasteiger partial charge in [0.2, 0.25) is 0 Å². The van der Waals surface area contributed by atoms with Crippen LogP contribution in [-0.2, 0) is 7.05 Å². The number of ether oxygens (including phenoxy) is 1. The molecule has 7 nitrogen and oxygen atoms in total. The largest absolute Gasteiger partial charge is 0.497 e. The lowest BCUT2D eigenvalue weighted by Gasteiger charge is -2.19. The second-order valence-electron chi connectivity index (χ2n) is 7.11. The molecule has 2 heterocycles. The van der Waals surface area contributed by atoms with E-state index < -0.39 is 6.04 Å². The van der Waals surface area contributed by atoms with Crippen LogP contribution in [0.25, 0.3) is 5.69 Å². The number of carbonyl (C=O) groups is 1. The number of aromatic nitrogens is 4. The first-order chi connectivity index (χ1) is 15.0. The molecule has 0 aliphatic carbocycles. The molecule has 0 fully saturated rings. The number of rotatable bonds is 6. The molecule has 1 amide bonds. The number of imidazole rings is 1. The van der Waals surface area contributed by atoms with Crippen LogP contribution < -0.4 is 10.1 Å². The molecule has 0 aliphatic heterocycles. The van der Waals surface area contributed by atoms with Crippen LogP contribution in [0, 0.1) is 6.92 Å². The third-order valence-corrected chi connectivity index (χ3v) is 5.36. The molecule has 2 aromatic carbocycles. The second kappa shape index (κ2) is 8.65. The normalized spacial score (nSPS) is 11.9. The van der Waals surface area contributed by atoms with Gasteiger partial charge in [0.25, 0.3) is 5.91 Å². The van der Waals surface area contributed by atoms with E-state index in [4.69, 9.17) is 16.3 Å². The molecular formula is C23H22ClN5O2. The number of benzene rings is 2. The summed E-state index contributed by atoms with van der Waals surface area (Å²) in [6, 6.07) is 14.4. The summed E-state index contributed by atoms with van der Waals surface area (Å²) >= 11 is 6.11. The van der Waals surface area contributed by atoms with Crippen LogP contribution in [0.5, 0.6) is 5.75 Å². The second-order valence-corrected chi connectivity index (χ2v) is 7.55. The van der Waals surface area contributed by atoms with Crippen molar-refractivity contribution in [1.29, 1.82) is 0 Å². The van der Waals surface area contributed by atoms with Crippen LogP contribution in [0.2, 0.25) is 5.02 Å². The molecule has 0 spiro atoms. The smallest absolute Gasteiger partial charge is 0.255 e. The minimum absolute atomic E-state index is 0.249. The number of methoxy groups -OCH3 is 1. The molecule has 0 saturated heterocycles. The Labute approximate surface area is 185 Å². The third kappa shape index (κ3) is 4.18. The summed E-state index contributed by atoms with van der Waals surface area (Å²) in [5.74, 6) is 1.17. The minimum Gasteiger partial charge on any atom is -0.497 e. The molecule has 0 bridgehead atoms. The molecule has 1 unspecified atom stereocenters. The molecule has 8 heteroatoms. The van der Waals surface area contributed by atoms with Crippen molar-refractivity contribution in [3.63, 3.8) is 0 Å². The van der Waals surface area contributed by atoms with E-state index in [0.717, 1.165) is 11.3 Å². The van der Waals surface area contributed by atoms with Gasteiger partial charge in [0.1, 0.15) is 17.6 Å². The molecule has 0 saturated carbocycles. The number of nitrogens with zero attached hydrogens (tertiary/aromatic N) is 4. The first kappa shape index (κ1) is 20.7. The average Bonchev–Trinajstić information content (AvgIpc) is 3.37. The first-order valence-electron chi connectivity index (χ1n) is 9.70. The maximum atomic E-state index is 13.3. The van der Waals surface area contributed by atoms with Gasteiger partial charge in [-0.25, -0.2) is 9.67 Å². The Morgan fingerprint density at radius 1 is 1.19 bits per heavy atom. The van der Waals surface area contributed by atoms with Gasteiger partial charge in [-0.2, -0.15) is 5.10 Å². The Balaban J connectivity index is 1.68. The molecule has 0 radical (unpaired) electrons. The van der Waals surface area contributed by atoms with Gasteiger partial charge in [0, 0.05) is 24.5 Å². The Morgan fingerprint density at radius 3 is 2.71 bits per heavy atom. The predicted molar refractivity (Wildman–Crippen MR) is 119 cm³/mol. The van der Waals surface area contributed by atoms with Gasteiger partial charge >= 0.3 is 0 Å². The molecule has 158 valence electrons. The summed E-state index contributed by atoms with van der Waals surface area (Å²) in [6.07, 6.45) is 5.11. The van der Waals surface area contributed by atoms with Gasteiger partial charge in [0.15, 0.2) is 0 Å². The molecule has 1 N–H and O–H groups in total. The Kier molecular flexibility index (Phi) is 5.77. The van der Waals surface area contributed by atoms with Gasteiger partial charge < -0.3 is 14.6 Å². The van der Waals surface area contributed by atoms with E-state index in [1.54, 1.807) is 36.3 Å². The SMILES string of the molecule is COc1cccc(C(NC(=O)c2cnn(-c3cccc(Cl)c3)c2C)c2nccn2C)c1. The van der Waals surface area contributed by atoms with Gasteiger partial charge in [-0.15, -0.1) is 0 Å². The van der Waals surface area contributed by atoms with Crippen molar-refractivity contribution < 1.29 is 9.53 Å². The van der Waals surface area contributed by atoms with Crippen LogP contribution in [-0.4, -0.2) is 32.3 Å².